The quantitative estimate of drug-likeness (QED) is 0.771. The number of carboxylic acids is 1. The summed E-state index contributed by atoms with van der Waals surface area (Å²) in [6.07, 6.45) is -1.04. The Morgan fingerprint density at radius 1 is 1.69 bits per heavy atom. The van der Waals surface area contributed by atoms with Gasteiger partial charge in [-0.15, -0.1) is 11.3 Å². The summed E-state index contributed by atoms with van der Waals surface area (Å²) in [7, 11) is 1.85. The van der Waals surface area contributed by atoms with Crippen LogP contribution in [0.1, 0.15) is 17.0 Å². The van der Waals surface area contributed by atoms with Crippen molar-refractivity contribution in [2.24, 2.45) is 0 Å². The number of carboxylic acid groups (broad SMARTS) is 1. The van der Waals surface area contributed by atoms with Crippen molar-refractivity contribution in [3.63, 3.8) is 0 Å². The Balaban J connectivity index is 2.39. The van der Waals surface area contributed by atoms with Gasteiger partial charge in [0.05, 0.1) is 23.7 Å². The summed E-state index contributed by atoms with van der Waals surface area (Å²) >= 11 is 1.57. The molecule has 2 N–H and O–H groups in total. The molecule has 5 nitrogen and oxygen atoms in total. The average molecular weight is 244 g/mol. The van der Waals surface area contributed by atoms with Crippen molar-refractivity contribution in [3.05, 3.63) is 16.1 Å². The smallest absolute Gasteiger partial charge is 0.306 e. The number of carbonyl (C=O) groups is 1. The number of thiazole rings is 1. The lowest BCUT2D eigenvalue weighted by Crippen LogP contribution is -2.30. The highest BCUT2D eigenvalue weighted by Gasteiger charge is 2.13. The Kier molecular flexibility index (Phi) is 4.85. The first-order valence-electron chi connectivity index (χ1n) is 4.96. The number of aryl methyl sites for hydroxylation is 1. The van der Waals surface area contributed by atoms with Crippen molar-refractivity contribution in [1.29, 1.82) is 0 Å². The molecule has 16 heavy (non-hydrogen) atoms. The van der Waals surface area contributed by atoms with E-state index in [9.17, 15) is 9.90 Å². The number of aliphatic hydroxyl groups excluding tert-OH is 1. The second kappa shape index (κ2) is 5.93. The second-order valence-electron chi connectivity index (χ2n) is 3.81. The van der Waals surface area contributed by atoms with E-state index in [0.717, 1.165) is 10.6 Å². The first-order valence-corrected chi connectivity index (χ1v) is 5.84. The molecule has 0 aliphatic carbocycles. The third kappa shape index (κ3) is 4.26. The lowest BCUT2D eigenvalue weighted by Gasteiger charge is -2.18. The summed E-state index contributed by atoms with van der Waals surface area (Å²) < 4.78 is 0. The Morgan fingerprint density at radius 2 is 2.38 bits per heavy atom. The van der Waals surface area contributed by atoms with Gasteiger partial charge >= 0.3 is 5.97 Å². The molecule has 1 unspecified atom stereocenters. The normalized spacial score (nSPS) is 13.0. The van der Waals surface area contributed by atoms with Crippen LogP contribution in [0.25, 0.3) is 0 Å². The van der Waals surface area contributed by atoms with Crippen molar-refractivity contribution < 1.29 is 15.0 Å². The Morgan fingerprint density at radius 3 is 2.88 bits per heavy atom. The maximum atomic E-state index is 10.4. The molecule has 0 bridgehead atoms. The molecule has 0 aliphatic heterocycles. The fourth-order valence-electron chi connectivity index (χ4n) is 1.41. The van der Waals surface area contributed by atoms with Crippen LogP contribution in [0, 0.1) is 6.92 Å². The Labute approximate surface area is 98.4 Å². The number of aliphatic hydroxyl groups is 1. The molecule has 0 amide bonds. The molecule has 1 aromatic rings. The van der Waals surface area contributed by atoms with Crippen LogP contribution in [0.4, 0.5) is 0 Å². The second-order valence-corrected chi connectivity index (χ2v) is 4.75. The van der Waals surface area contributed by atoms with Gasteiger partial charge in [0, 0.05) is 18.0 Å². The van der Waals surface area contributed by atoms with Gasteiger partial charge in [0.2, 0.25) is 0 Å². The van der Waals surface area contributed by atoms with Crippen LogP contribution in [0.5, 0.6) is 0 Å². The number of aliphatic carboxylic acids is 1. The number of likely N-dealkylation sites (N-methyl/N-ethyl adjacent to an activating group) is 1. The molecule has 1 aromatic heterocycles. The minimum Gasteiger partial charge on any atom is -0.481 e. The maximum absolute atomic E-state index is 10.4. The first kappa shape index (κ1) is 13.1. The van der Waals surface area contributed by atoms with E-state index in [4.69, 9.17) is 5.11 Å². The molecule has 0 radical (unpaired) electrons. The molecule has 1 atom stereocenters. The van der Waals surface area contributed by atoms with Gasteiger partial charge in [-0.2, -0.15) is 0 Å². The molecule has 1 heterocycles. The minimum absolute atomic E-state index is 0.216. The number of nitrogens with zero attached hydrogens (tertiary/aromatic N) is 2. The Bertz CT molecular complexity index is 354. The van der Waals surface area contributed by atoms with E-state index in [1.165, 1.54) is 0 Å². The van der Waals surface area contributed by atoms with E-state index < -0.39 is 12.1 Å². The van der Waals surface area contributed by atoms with E-state index >= 15 is 0 Å². The maximum Gasteiger partial charge on any atom is 0.306 e. The third-order valence-electron chi connectivity index (χ3n) is 2.19. The van der Waals surface area contributed by atoms with Crippen LogP contribution in [0.3, 0.4) is 0 Å². The van der Waals surface area contributed by atoms with E-state index in [1.54, 1.807) is 16.8 Å². The fourth-order valence-corrected chi connectivity index (χ4v) is 2.27. The summed E-state index contributed by atoms with van der Waals surface area (Å²) in [5.41, 5.74) is 2.77. The lowest BCUT2D eigenvalue weighted by molar-refractivity contribution is -0.139. The fraction of sp³-hybridized carbons (Fsp3) is 0.600. The minimum atomic E-state index is -0.977. The summed E-state index contributed by atoms with van der Waals surface area (Å²) in [6.45, 7) is 2.98. The molecule has 0 aliphatic rings. The van der Waals surface area contributed by atoms with Gasteiger partial charge in [-0.3, -0.25) is 9.69 Å². The largest absolute Gasteiger partial charge is 0.481 e. The van der Waals surface area contributed by atoms with E-state index in [-0.39, 0.29) is 6.42 Å². The highest BCUT2D eigenvalue weighted by Crippen LogP contribution is 2.14. The highest BCUT2D eigenvalue weighted by molar-refractivity contribution is 7.09. The molecular weight excluding hydrogens is 228 g/mol. The molecule has 90 valence electrons. The summed E-state index contributed by atoms with van der Waals surface area (Å²) in [5.74, 6) is -0.977. The number of aromatic nitrogens is 1. The lowest BCUT2D eigenvalue weighted by atomic mass is 10.2. The topological polar surface area (TPSA) is 73.7 Å². The number of rotatable bonds is 6. The van der Waals surface area contributed by atoms with E-state index in [2.05, 4.69) is 4.98 Å². The van der Waals surface area contributed by atoms with Gasteiger partial charge in [-0.25, -0.2) is 4.98 Å². The van der Waals surface area contributed by atoms with Gasteiger partial charge in [-0.1, -0.05) is 0 Å². The van der Waals surface area contributed by atoms with Crippen LogP contribution in [-0.4, -0.2) is 45.8 Å². The molecule has 0 fully saturated rings. The van der Waals surface area contributed by atoms with Crippen molar-refractivity contribution in [2.75, 3.05) is 13.6 Å². The highest BCUT2D eigenvalue weighted by atomic mass is 32.1. The van der Waals surface area contributed by atoms with Gasteiger partial charge in [0.15, 0.2) is 0 Å². The first-order chi connectivity index (χ1) is 7.49. The molecule has 0 spiro atoms. The zero-order valence-corrected chi connectivity index (χ0v) is 10.2. The van der Waals surface area contributed by atoms with Crippen molar-refractivity contribution in [2.45, 2.75) is 26.0 Å². The monoisotopic (exact) mass is 244 g/mol. The zero-order chi connectivity index (χ0) is 12.1. The molecule has 6 heteroatoms. The summed E-state index contributed by atoms with van der Waals surface area (Å²) in [6, 6.07) is 0. The Hall–Kier alpha value is -0.980. The van der Waals surface area contributed by atoms with Crippen molar-refractivity contribution >= 4 is 17.3 Å². The molecule has 0 aromatic carbocycles. The molecular formula is C10H16N2O3S. The molecule has 0 saturated carbocycles. The number of hydrogen-bond acceptors (Lipinski definition) is 5. The predicted octanol–water partition coefficient (Wildman–Crippen LogP) is 0.719. The molecule has 0 saturated heterocycles. The molecule has 1 rings (SSSR count). The van der Waals surface area contributed by atoms with Crippen LogP contribution in [0.2, 0.25) is 0 Å². The van der Waals surface area contributed by atoms with Gasteiger partial charge in [-0.05, 0) is 14.0 Å². The van der Waals surface area contributed by atoms with Gasteiger partial charge < -0.3 is 10.2 Å². The van der Waals surface area contributed by atoms with Crippen LogP contribution >= 0.6 is 11.3 Å². The number of hydrogen-bond donors (Lipinski definition) is 2. The predicted molar refractivity (Wildman–Crippen MR) is 61.4 cm³/mol. The standard InChI is InChI=1S/C10H16N2O3S/c1-7-9(16-6-11-7)5-12(2)4-8(13)3-10(14)15/h6,8,13H,3-5H2,1-2H3,(H,14,15). The van der Waals surface area contributed by atoms with Crippen LogP contribution in [0.15, 0.2) is 5.51 Å². The van der Waals surface area contributed by atoms with Gasteiger partial charge in [0.1, 0.15) is 0 Å². The SMILES string of the molecule is Cc1ncsc1CN(C)CC(O)CC(=O)O. The van der Waals surface area contributed by atoms with E-state index in [0.29, 0.717) is 13.1 Å². The average Bonchev–Trinajstić information content (AvgIpc) is 2.49. The van der Waals surface area contributed by atoms with E-state index in [1.807, 2.05) is 18.9 Å². The summed E-state index contributed by atoms with van der Waals surface area (Å²) in [4.78, 5) is 17.5. The van der Waals surface area contributed by atoms with Crippen molar-refractivity contribution in [1.82, 2.24) is 9.88 Å². The van der Waals surface area contributed by atoms with Crippen LogP contribution < -0.4 is 0 Å². The van der Waals surface area contributed by atoms with Crippen LogP contribution in [-0.2, 0) is 11.3 Å². The zero-order valence-electron chi connectivity index (χ0n) is 9.38. The van der Waals surface area contributed by atoms with Crippen molar-refractivity contribution in [3.8, 4) is 0 Å². The van der Waals surface area contributed by atoms with Gasteiger partial charge in [0.25, 0.3) is 0 Å². The third-order valence-corrected chi connectivity index (χ3v) is 3.11. The summed E-state index contributed by atoms with van der Waals surface area (Å²) in [5, 5.41) is 18.0.